The molecule has 1 heterocycles. The van der Waals surface area contributed by atoms with Gasteiger partial charge in [0, 0.05) is 18.0 Å². The summed E-state index contributed by atoms with van der Waals surface area (Å²) in [5, 5.41) is 2.36. The first-order valence-electron chi connectivity index (χ1n) is 4.80. The van der Waals surface area contributed by atoms with Gasteiger partial charge < -0.3 is 0 Å². The van der Waals surface area contributed by atoms with E-state index in [1.807, 2.05) is 0 Å². The SMILES string of the molecule is O=C(Nc1ncc(Br)cn1)c1ccc(F)c(F)c1. The van der Waals surface area contributed by atoms with Crippen molar-refractivity contribution in [1.82, 2.24) is 9.97 Å². The smallest absolute Gasteiger partial charge is 0.258 e. The number of halogens is 3. The molecule has 1 N–H and O–H groups in total. The molecule has 7 heteroatoms. The number of hydrogen-bond donors (Lipinski definition) is 1. The highest BCUT2D eigenvalue weighted by molar-refractivity contribution is 9.10. The number of benzene rings is 1. The van der Waals surface area contributed by atoms with Crippen molar-refractivity contribution in [3.05, 3.63) is 52.3 Å². The van der Waals surface area contributed by atoms with Crippen LogP contribution in [0.3, 0.4) is 0 Å². The van der Waals surface area contributed by atoms with Gasteiger partial charge in [0.1, 0.15) is 0 Å². The molecule has 1 amide bonds. The van der Waals surface area contributed by atoms with Crippen molar-refractivity contribution in [1.29, 1.82) is 0 Å². The van der Waals surface area contributed by atoms with Crippen molar-refractivity contribution in [3.8, 4) is 0 Å². The maximum atomic E-state index is 12.9. The molecule has 4 nitrogen and oxygen atoms in total. The average molecular weight is 314 g/mol. The highest BCUT2D eigenvalue weighted by Crippen LogP contribution is 2.11. The van der Waals surface area contributed by atoms with Gasteiger partial charge in [0.25, 0.3) is 5.91 Å². The Bertz CT molecular complexity index is 589. The van der Waals surface area contributed by atoms with Crippen LogP contribution >= 0.6 is 15.9 Å². The Hall–Kier alpha value is -1.89. The molecule has 0 saturated heterocycles. The first kappa shape index (κ1) is 12.6. The summed E-state index contributed by atoms with van der Waals surface area (Å²) in [5.41, 5.74) is -0.0135. The summed E-state index contributed by atoms with van der Waals surface area (Å²) in [5.74, 6) is -2.63. The zero-order valence-corrected chi connectivity index (χ0v) is 10.4. The Morgan fingerprint density at radius 1 is 1.17 bits per heavy atom. The molecule has 0 aliphatic heterocycles. The Labute approximate surface area is 109 Å². The van der Waals surface area contributed by atoms with Gasteiger partial charge in [0.15, 0.2) is 11.6 Å². The summed E-state index contributed by atoms with van der Waals surface area (Å²) >= 11 is 3.15. The lowest BCUT2D eigenvalue weighted by Gasteiger charge is -2.03. The minimum Gasteiger partial charge on any atom is -0.290 e. The van der Waals surface area contributed by atoms with Crippen molar-refractivity contribution in [2.75, 3.05) is 5.32 Å². The van der Waals surface area contributed by atoms with Gasteiger partial charge in [-0.05, 0) is 34.1 Å². The van der Waals surface area contributed by atoms with E-state index in [2.05, 4.69) is 31.2 Å². The van der Waals surface area contributed by atoms with E-state index >= 15 is 0 Å². The quantitative estimate of drug-likeness (QED) is 0.927. The van der Waals surface area contributed by atoms with Crippen LogP contribution in [0.4, 0.5) is 14.7 Å². The van der Waals surface area contributed by atoms with Gasteiger partial charge in [-0.3, -0.25) is 10.1 Å². The molecule has 0 atom stereocenters. The van der Waals surface area contributed by atoms with Crippen LogP contribution in [0.25, 0.3) is 0 Å². The van der Waals surface area contributed by atoms with Crippen molar-refractivity contribution in [2.45, 2.75) is 0 Å². The molecule has 2 aromatic rings. The van der Waals surface area contributed by atoms with Crippen LogP contribution in [0, 0.1) is 11.6 Å². The maximum Gasteiger partial charge on any atom is 0.258 e. The second-order valence-corrected chi connectivity index (χ2v) is 4.22. The van der Waals surface area contributed by atoms with E-state index in [1.54, 1.807) is 0 Å². The van der Waals surface area contributed by atoms with E-state index in [1.165, 1.54) is 18.5 Å². The second-order valence-electron chi connectivity index (χ2n) is 3.31. The fraction of sp³-hybridized carbons (Fsp3) is 0. The number of carbonyl (C=O) groups excluding carboxylic acids is 1. The summed E-state index contributed by atoms with van der Waals surface area (Å²) in [6.45, 7) is 0. The van der Waals surface area contributed by atoms with Gasteiger partial charge in [-0.25, -0.2) is 18.7 Å². The lowest BCUT2D eigenvalue weighted by Crippen LogP contribution is -2.14. The van der Waals surface area contributed by atoms with Gasteiger partial charge in [0.2, 0.25) is 5.95 Å². The minimum absolute atomic E-state index is 0.0135. The summed E-state index contributed by atoms with van der Waals surface area (Å²) in [7, 11) is 0. The summed E-state index contributed by atoms with van der Waals surface area (Å²) < 4.78 is 26.3. The molecule has 0 aliphatic rings. The van der Waals surface area contributed by atoms with E-state index in [0.717, 1.165) is 12.1 Å². The molecule has 2 rings (SSSR count). The molecule has 18 heavy (non-hydrogen) atoms. The number of amides is 1. The van der Waals surface area contributed by atoms with Crippen molar-refractivity contribution in [3.63, 3.8) is 0 Å². The first-order valence-corrected chi connectivity index (χ1v) is 5.59. The lowest BCUT2D eigenvalue weighted by atomic mass is 10.2. The monoisotopic (exact) mass is 313 g/mol. The molecule has 0 fully saturated rings. The van der Waals surface area contributed by atoms with E-state index in [4.69, 9.17) is 0 Å². The van der Waals surface area contributed by atoms with Gasteiger partial charge in [0.05, 0.1) is 4.47 Å². The summed E-state index contributed by atoms with van der Waals surface area (Å²) in [4.78, 5) is 19.3. The van der Waals surface area contributed by atoms with Crippen LogP contribution in [0.5, 0.6) is 0 Å². The maximum absolute atomic E-state index is 12.9. The van der Waals surface area contributed by atoms with Gasteiger partial charge in [-0.15, -0.1) is 0 Å². The molecule has 1 aromatic carbocycles. The topological polar surface area (TPSA) is 54.9 Å². The third-order valence-corrected chi connectivity index (χ3v) is 2.44. The predicted octanol–water partition coefficient (Wildman–Crippen LogP) is 2.77. The number of hydrogen-bond acceptors (Lipinski definition) is 3. The zero-order valence-electron chi connectivity index (χ0n) is 8.82. The minimum atomic E-state index is -1.08. The first-order chi connectivity index (χ1) is 8.56. The van der Waals surface area contributed by atoms with Crippen LogP contribution < -0.4 is 5.32 Å². The molecular formula is C11H6BrF2N3O. The molecule has 0 aliphatic carbocycles. The Morgan fingerprint density at radius 2 is 1.83 bits per heavy atom. The standard InChI is InChI=1S/C11H6BrF2N3O/c12-7-4-15-11(16-5-7)17-10(18)6-1-2-8(13)9(14)3-6/h1-5H,(H,15,16,17,18). The number of carbonyl (C=O) groups is 1. The predicted molar refractivity (Wildman–Crippen MR) is 64.0 cm³/mol. The van der Waals surface area contributed by atoms with Crippen LogP contribution in [-0.4, -0.2) is 15.9 Å². The number of aromatic nitrogens is 2. The van der Waals surface area contributed by atoms with E-state index in [0.29, 0.717) is 4.47 Å². The summed E-state index contributed by atoms with van der Waals surface area (Å²) in [6.07, 6.45) is 2.90. The van der Waals surface area contributed by atoms with Gasteiger partial charge in [-0.1, -0.05) is 0 Å². The van der Waals surface area contributed by atoms with Crippen molar-refractivity contribution < 1.29 is 13.6 Å². The highest BCUT2D eigenvalue weighted by Gasteiger charge is 2.10. The highest BCUT2D eigenvalue weighted by atomic mass is 79.9. The Balaban J connectivity index is 2.16. The number of rotatable bonds is 2. The van der Waals surface area contributed by atoms with E-state index in [-0.39, 0.29) is 11.5 Å². The summed E-state index contributed by atoms with van der Waals surface area (Å²) in [6, 6.07) is 2.86. The molecular weight excluding hydrogens is 308 g/mol. The number of nitrogens with one attached hydrogen (secondary N) is 1. The normalized spacial score (nSPS) is 10.2. The van der Waals surface area contributed by atoms with E-state index in [9.17, 15) is 13.6 Å². The lowest BCUT2D eigenvalue weighted by molar-refractivity contribution is 0.102. The van der Waals surface area contributed by atoms with Crippen LogP contribution in [0.2, 0.25) is 0 Å². The third-order valence-electron chi connectivity index (χ3n) is 2.03. The average Bonchev–Trinajstić information content (AvgIpc) is 2.35. The van der Waals surface area contributed by atoms with Crippen LogP contribution in [0.15, 0.2) is 35.1 Å². The molecule has 92 valence electrons. The molecule has 0 saturated carbocycles. The van der Waals surface area contributed by atoms with Gasteiger partial charge >= 0.3 is 0 Å². The van der Waals surface area contributed by atoms with Crippen LogP contribution in [0.1, 0.15) is 10.4 Å². The van der Waals surface area contributed by atoms with Gasteiger partial charge in [-0.2, -0.15) is 0 Å². The third kappa shape index (κ3) is 2.86. The molecule has 0 spiro atoms. The van der Waals surface area contributed by atoms with E-state index < -0.39 is 17.5 Å². The Morgan fingerprint density at radius 3 is 2.44 bits per heavy atom. The van der Waals surface area contributed by atoms with Crippen LogP contribution in [-0.2, 0) is 0 Å². The number of nitrogens with zero attached hydrogens (tertiary/aromatic N) is 2. The van der Waals surface area contributed by atoms with Crippen molar-refractivity contribution in [2.24, 2.45) is 0 Å². The molecule has 0 radical (unpaired) electrons. The molecule has 1 aromatic heterocycles. The second kappa shape index (κ2) is 5.18. The van der Waals surface area contributed by atoms with Crippen molar-refractivity contribution >= 4 is 27.8 Å². The molecule has 0 bridgehead atoms. The number of anilines is 1. The zero-order chi connectivity index (χ0) is 13.1. The molecule has 0 unspecified atom stereocenters. The Kier molecular flexibility index (Phi) is 3.61. The fourth-order valence-corrected chi connectivity index (χ4v) is 1.39. The largest absolute Gasteiger partial charge is 0.290 e. The fourth-order valence-electron chi connectivity index (χ4n) is 1.19.